The number of nitrogens with one attached hydrogen (secondary N) is 2. The molecule has 1 amide bonds. The van der Waals surface area contributed by atoms with Gasteiger partial charge in [0.1, 0.15) is 4.90 Å². The van der Waals surface area contributed by atoms with E-state index in [1.807, 2.05) is 35.1 Å². The SMILES string of the molecule is CN(CCO)CCC(CSc1ccccc1)Nc1ccc(S(=O)(=O)NC(=O)c2ccc(N3CCN(CC4=C(C56CC(C(F)(F)F)(C5)C6)CC(C)(C)CC4)CC3)cc2)cc1S(=O)(=O)C(F)(F)F. The third-order valence-corrected chi connectivity index (χ3v) is 17.7. The van der Waals surface area contributed by atoms with Crippen molar-refractivity contribution in [3.05, 3.63) is 89.5 Å². The first-order chi connectivity index (χ1) is 30.9. The number of thioether (sulfide) groups is 1. The van der Waals surface area contributed by atoms with E-state index in [1.54, 1.807) is 24.1 Å². The summed E-state index contributed by atoms with van der Waals surface area (Å²) >= 11 is 1.39. The van der Waals surface area contributed by atoms with Gasteiger partial charge in [-0.05, 0) is 124 Å². The van der Waals surface area contributed by atoms with Crippen molar-refractivity contribution in [2.75, 3.05) is 75.4 Å². The standard InChI is InChI=1S/C46H57F6N5O6S3/c1-42(2)17-15-33(38(26-42)43-29-44(30-43,31-43)45(47,48)49)27-56-19-21-57(22-20-56)35-11-9-32(10-12-35)41(59)54-66(62,63)37-13-14-39(40(25-37)65(60,61)46(50,51)52)53-34(16-18-55(3)23-24-58)28-64-36-7-5-4-6-8-36/h4-14,25,34,53,58H,15-24,26-31H2,1-3H3,(H,54,59). The van der Waals surface area contributed by atoms with E-state index in [4.69, 9.17) is 0 Å². The summed E-state index contributed by atoms with van der Waals surface area (Å²) in [5.41, 5.74) is -4.79. The van der Waals surface area contributed by atoms with Crippen LogP contribution < -0.4 is 14.9 Å². The molecule has 3 saturated carbocycles. The molecule has 11 nitrogen and oxygen atoms in total. The van der Waals surface area contributed by atoms with Crippen molar-refractivity contribution in [3.8, 4) is 0 Å². The van der Waals surface area contributed by atoms with Crippen LogP contribution in [-0.4, -0.2) is 121 Å². The molecular formula is C46H57F6N5O6S3. The van der Waals surface area contributed by atoms with Gasteiger partial charge in [0, 0.05) is 67.2 Å². The van der Waals surface area contributed by atoms with Crippen LogP contribution in [0.4, 0.5) is 37.7 Å². The fourth-order valence-corrected chi connectivity index (χ4v) is 12.9. The molecule has 1 heterocycles. The van der Waals surface area contributed by atoms with Gasteiger partial charge >= 0.3 is 11.7 Å². The highest BCUT2D eigenvalue weighted by molar-refractivity contribution is 7.99. The number of hydrogen-bond acceptors (Lipinski definition) is 11. The van der Waals surface area contributed by atoms with Gasteiger partial charge in [-0.15, -0.1) is 11.8 Å². The quantitative estimate of drug-likeness (QED) is 0.0644. The molecule has 20 heteroatoms. The molecule has 5 aliphatic rings. The van der Waals surface area contributed by atoms with Crippen LogP contribution >= 0.6 is 11.8 Å². The van der Waals surface area contributed by atoms with Gasteiger partial charge < -0.3 is 20.2 Å². The second kappa shape index (κ2) is 18.9. The Labute approximate surface area is 387 Å². The van der Waals surface area contributed by atoms with Crippen molar-refractivity contribution in [2.45, 2.75) is 91.2 Å². The zero-order valence-corrected chi connectivity index (χ0v) is 39.6. The number of rotatable bonds is 18. The molecule has 3 aromatic carbocycles. The van der Waals surface area contributed by atoms with E-state index in [2.05, 4.69) is 29.0 Å². The number of amides is 1. The van der Waals surface area contributed by atoms with Gasteiger partial charge in [-0.1, -0.05) is 43.2 Å². The molecule has 1 saturated heterocycles. The Balaban J connectivity index is 1.00. The van der Waals surface area contributed by atoms with Crippen LogP contribution in [0.25, 0.3) is 0 Å². The smallest absolute Gasteiger partial charge is 0.395 e. The number of carbonyl (C=O) groups excluding carboxylic acids is 1. The summed E-state index contributed by atoms with van der Waals surface area (Å²) in [5, 5.41) is 12.2. The van der Waals surface area contributed by atoms with Crippen LogP contribution in [0.2, 0.25) is 0 Å². The predicted molar refractivity (Wildman–Crippen MR) is 243 cm³/mol. The van der Waals surface area contributed by atoms with Gasteiger partial charge in [0.05, 0.1) is 22.6 Å². The topological polar surface area (TPSA) is 139 Å². The molecule has 1 aliphatic heterocycles. The number of likely N-dealkylation sites (N-methyl/N-ethyl adjacent to an activating group) is 1. The highest BCUT2D eigenvalue weighted by Crippen LogP contribution is 2.82. The number of aliphatic hydroxyl groups excluding tert-OH is 1. The highest BCUT2D eigenvalue weighted by atomic mass is 32.2. The first-order valence-corrected chi connectivity index (χ1v) is 25.9. The zero-order chi connectivity index (χ0) is 47.9. The molecule has 1 atom stereocenters. The highest BCUT2D eigenvalue weighted by Gasteiger charge is 2.79. The number of piperazine rings is 1. The monoisotopic (exact) mass is 985 g/mol. The second-order valence-electron chi connectivity index (χ2n) is 19.1. The summed E-state index contributed by atoms with van der Waals surface area (Å²) in [4.78, 5) is 18.2. The Kier molecular flexibility index (Phi) is 14.4. The predicted octanol–water partition coefficient (Wildman–Crippen LogP) is 8.35. The van der Waals surface area contributed by atoms with Crippen LogP contribution in [0.15, 0.2) is 98.6 Å². The number of sulfone groups is 1. The fraction of sp³-hybridized carbons (Fsp3) is 0.543. The lowest BCUT2D eigenvalue weighted by atomic mass is 9.31. The summed E-state index contributed by atoms with van der Waals surface area (Å²) in [6.45, 7) is 8.38. The maximum absolute atomic E-state index is 14.1. The minimum absolute atomic E-state index is 0.0464. The van der Waals surface area contributed by atoms with E-state index in [-0.39, 0.29) is 42.3 Å². The average molecular weight is 986 g/mol. The number of halogens is 6. The molecule has 4 aliphatic carbocycles. The number of alkyl halides is 6. The Bertz CT molecular complexity index is 2480. The minimum Gasteiger partial charge on any atom is -0.395 e. The lowest BCUT2D eigenvalue weighted by molar-refractivity contribution is -0.353. The minimum atomic E-state index is -6.10. The van der Waals surface area contributed by atoms with Gasteiger partial charge in [-0.25, -0.2) is 21.6 Å². The van der Waals surface area contributed by atoms with E-state index >= 15 is 0 Å². The van der Waals surface area contributed by atoms with Gasteiger partial charge in [-0.2, -0.15) is 26.3 Å². The molecule has 0 radical (unpaired) electrons. The first-order valence-electron chi connectivity index (χ1n) is 22.0. The Morgan fingerprint density at radius 3 is 2.15 bits per heavy atom. The first kappa shape index (κ1) is 50.1. The van der Waals surface area contributed by atoms with Gasteiger partial charge in [0.15, 0.2) is 0 Å². The fourth-order valence-electron chi connectivity index (χ4n) is 9.90. The van der Waals surface area contributed by atoms with Crippen molar-refractivity contribution >= 4 is 48.9 Å². The van der Waals surface area contributed by atoms with Crippen molar-refractivity contribution in [1.29, 1.82) is 0 Å². The Morgan fingerprint density at radius 1 is 0.894 bits per heavy atom. The Hall–Kier alpha value is -3.82. The summed E-state index contributed by atoms with van der Waals surface area (Å²) in [6.07, 6.45) is -0.545. The summed E-state index contributed by atoms with van der Waals surface area (Å²) in [5.74, 6) is -0.783. The third kappa shape index (κ3) is 10.7. The Morgan fingerprint density at radius 2 is 1.55 bits per heavy atom. The van der Waals surface area contributed by atoms with Crippen LogP contribution in [0.1, 0.15) is 69.2 Å². The maximum Gasteiger partial charge on any atom is 0.501 e. The molecule has 66 heavy (non-hydrogen) atoms. The van der Waals surface area contributed by atoms with Gasteiger partial charge in [0.2, 0.25) is 0 Å². The van der Waals surface area contributed by atoms with Crippen LogP contribution in [0.3, 0.4) is 0 Å². The van der Waals surface area contributed by atoms with Gasteiger partial charge in [-0.3, -0.25) is 9.69 Å². The number of allylic oxidation sites excluding steroid dienone is 1. The van der Waals surface area contributed by atoms with E-state index in [0.717, 1.165) is 48.5 Å². The number of nitrogens with zero attached hydrogens (tertiary/aromatic N) is 3. The molecule has 8 rings (SSSR count). The number of hydrogen-bond donors (Lipinski definition) is 3. The van der Waals surface area contributed by atoms with Crippen LogP contribution in [0, 0.1) is 16.2 Å². The largest absolute Gasteiger partial charge is 0.501 e. The van der Waals surface area contributed by atoms with Crippen molar-refractivity contribution < 1.29 is 53.1 Å². The molecule has 0 aromatic heterocycles. The number of carbonyl (C=O) groups is 1. The summed E-state index contributed by atoms with van der Waals surface area (Å²) in [6, 6.07) is 17.0. The number of benzene rings is 3. The van der Waals surface area contributed by atoms with Gasteiger partial charge in [0.25, 0.3) is 25.8 Å². The molecule has 362 valence electrons. The number of anilines is 2. The normalized spacial score (nSPS) is 23.0. The van der Waals surface area contributed by atoms with Crippen molar-refractivity contribution in [3.63, 3.8) is 0 Å². The zero-order valence-electron chi connectivity index (χ0n) is 37.1. The average Bonchev–Trinajstić information content (AvgIpc) is 3.21. The molecule has 4 fully saturated rings. The summed E-state index contributed by atoms with van der Waals surface area (Å²) in [7, 11) is -9.25. The molecule has 0 spiro atoms. The number of aliphatic hydroxyl groups is 1. The van der Waals surface area contributed by atoms with Crippen molar-refractivity contribution in [1.82, 2.24) is 14.5 Å². The molecule has 3 N–H and O–H groups in total. The molecule has 2 bridgehead atoms. The molecule has 3 aromatic rings. The van der Waals surface area contributed by atoms with Crippen LogP contribution in [-0.2, 0) is 19.9 Å². The third-order valence-electron chi connectivity index (χ3n) is 13.7. The van der Waals surface area contributed by atoms with Crippen molar-refractivity contribution in [2.24, 2.45) is 16.2 Å². The molecule has 1 unspecified atom stereocenters. The van der Waals surface area contributed by atoms with E-state index in [1.165, 1.54) is 35.0 Å². The lowest BCUT2D eigenvalue weighted by Gasteiger charge is -2.72. The van der Waals surface area contributed by atoms with Crippen LogP contribution in [0.5, 0.6) is 0 Å². The molecular weight excluding hydrogens is 929 g/mol. The number of sulfonamides is 1. The lowest BCUT2D eigenvalue weighted by Crippen LogP contribution is -2.69. The van der Waals surface area contributed by atoms with E-state index < -0.39 is 64.4 Å². The summed E-state index contributed by atoms with van der Waals surface area (Å²) < 4.78 is 138. The van der Waals surface area contributed by atoms with E-state index in [0.29, 0.717) is 57.5 Å². The van der Waals surface area contributed by atoms with E-state index in [9.17, 15) is 53.1 Å². The maximum atomic E-state index is 14.1. The second-order valence-corrected chi connectivity index (χ2v) is 23.8.